The first-order valence-electron chi connectivity index (χ1n) is 6.92. The zero-order chi connectivity index (χ0) is 12.4. The Morgan fingerprint density at radius 3 is 2.33 bits per heavy atom. The normalized spacial score (nSPS) is 24.7. The Hall–Kier alpha value is -0.760. The maximum Gasteiger partial charge on any atom is 0.122 e. The lowest BCUT2D eigenvalue weighted by Gasteiger charge is -2.27. The van der Waals surface area contributed by atoms with Gasteiger partial charge >= 0.3 is 0 Å². The molecule has 18 heavy (non-hydrogen) atoms. The van der Waals surface area contributed by atoms with Gasteiger partial charge in [0.15, 0.2) is 0 Å². The van der Waals surface area contributed by atoms with Crippen LogP contribution in [0.15, 0.2) is 34.8 Å². The molecule has 1 aliphatic heterocycles. The molecule has 1 aromatic carbocycles. The van der Waals surface area contributed by atoms with E-state index in [0.29, 0.717) is 0 Å². The van der Waals surface area contributed by atoms with Gasteiger partial charge in [-0.25, -0.2) is 0 Å². The van der Waals surface area contributed by atoms with E-state index in [4.69, 9.17) is 4.74 Å². The fourth-order valence-corrected chi connectivity index (χ4v) is 3.42. The Morgan fingerprint density at radius 1 is 1.00 bits per heavy atom. The van der Waals surface area contributed by atoms with Gasteiger partial charge in [0.2, 0.25) is 0 Å². The first kappa shape index (κ1) is 12.3. The molecule has 0 radical (unpaired) electrons. The van der Waals surface area contributed by atoms with Gasteiger partial charge in [-0.1, -0.05) is 53.7 Å². The number of allylic oxidation sites excluding steroid dienone is 1. The predicted octanol–water partition coefficient (Wildman–Crippen LogP) is 5.02. The van der Waals surface area contributed by atoms with E-state index in [0.717, 1.165) is 28.7 Å². The SMILES string of the molecule is Brc1ccc(C2=CCC(C3CCCC3)CO2)cc1. The van der Waals surface area contributed by atoms with Crippen LogP contribution < -0.4 is 0 Å². The zero-order valence-electron chi connectivity index (χ0n) is 10.6. The van der Waals surface area contributed by atoms with Gasteiger partial charge in [-0.2, -0.15) is 0 Å². The van der Waals surface area contributed by atoms with Crippen LogP contribution in [-0.2, 0) is 4.74 Å². The van der Waals surface area contributed by atoms with Gasteiger partial charge in [-0.3, -0.25) is 0 Å². The van der Waals surface area contributed by atoms with Crippen molar-refractivity contribution < 1.29 is 4.74 Å². The Balaban J connectivity index is 1.67. The standard InChI is InChI=1S/C16H19BrO/c17-15-8-5-13(6-9-15)16-10-7-14(11-18-16)12-3-1-2-4-12/h5-6,8-10,12,14H,1-4,7,11H2. The van der Waals surface area contributed by atoms with Crippen molar-refractivity contribution in [2.45, 2.75) is 32.1 Å². The van der Waals surface area contributed by atoms with Crippen LogP contribution in [0.25, 0.3) is 5.76 Å². The summed E-state index contributed by atoms with van der Waals surface area (Å²) in [6.45, 7) is 0.909. The van der Waals surface area contributed by atoms with E-state index in [9.17, 15) is 0 Å². The van der Waals surface area contributed by atoms with E-state index in [1.54, 1.807) is 0 Å². The highest BCUT2D eigenvalue weighted by atomic mass is 79.9. The van der Waals surface area contributed by atoms with Crippen molar-refractivity contribution in [2.75, 3.05) is 6.61 Å². The number of hydrogen-bond acceptors (Lipinski definition) is 1. The van der Waals surface area contributed by atoms with Crippen LogP contribution in [0, 0.1) is 11.8 Å². The fraction of sp³-hybridized carbons (Fsp3) is 0.500. The second-order valence-corrected chi connectivity index (χ2v) is 6.34. The van der Waals surface area contributed by atoms with E-state index in [-0.39, 0.29) is 0 Å². The number of hydrogen-bond donors (Lipinski definition) is 0. The molecule has 0 bridgehead atoms. The molecule has 0 spiro atoms. The van der Waals surface area contributed by atoms with Crippen LogP contribution in [-0.4, -0.2) is 6.61 Å². The largest absolute Gasteiger partial charge is 0.493 e. The van der Waals surface area contributed by atoms with Crippen molar-refractivity contribution in [3.8, 4) is 0 Å². The Morgan fingerprint density at radius 2 is 1.72 bits per heavy atom. The molecule has 1 aromatic rings. The molecular formula is C16H19BrO. The van der Waals surface area contributed by atoms with Gasteiger partial charge in [-0.15, -0.1) is 0 Å². The fourth-order valence-electron chi connectivity index (χ4n) is 3.15. The van der Waals surface area contributed by atoms with E-state index in [2.05, 4.69) is 46.3 Å². The van der Waals surface area contributed by atoms with Gasteiger partial charge in [0.1, 0.15) is 5.76 Å². The van der Waals surface area contributed by atoms with Crippen molar-refractivity contribution in [1.82, 2.24) is 0 Å². The maximum atomic E-state index is 5.97. The highest BCUT2D eigenvalue weighted by Gasteiger charge is 2.27. The average Bonchev–Trinajstić information content (AvgIpc) is 2.94. The molecule has 2 aliphatic rings. The maximum absolute atomic E-state index is 5.97. The summed E-state index contributed by atoms with van der Waals surface area (Å²) < 4.78 is 7.09. The van der Waals surface area contributed by atoms with E-state index in [1.807, 2.05) is 0 Å². The summed E-state index contributed by atoms with van der Waals surface area (Å²) in [6.07, 6.45) is 9.14. The summed E-state index contributed by atoms with van der Waals surface area (Å²) in [4.78, 5) is 0. The quantitative estimate of drug-likeness (QED) is 0.745. The molecule has 1 aliphatic carbocycles. The number of rotatable bonds is 2. The molecule has 1 fully saturated rings. The molecule has 0 N–H and O–H groups in total. The van der Waals surface area contributed by atoms with E-state index >= 15 is 0 Å². The molecular weight excluding hydrogens is 288 g/mol. The highest BCUT2D eigenvalue weighted by Crippen LogP contribution is 2.37. The third-order valence-electron chi connectivity index (χ3n) is 4.25. The first-order valence-corrected chi connectivity index (χ1v) is 7.71. The molecule has 0 aromatic heterocycles. The second-order valence-electron chi connectivity index (χ2n) is 5.43. The second kappa shape index (κ2) is 5.48. The number of halogens is 1. The lowest BCUT2D eigenvalue weighted by molar-refractivity contribution is 0.156. The predicted molar refractivity (Wildman–Crippen MR) is 78.1 cm³/mol. The lowest BCUT2D eigenvalue weighted by Crippen LogP contribution is -2.20. The minimum atomic E-state index is 0.756. The van der Waals surface area contributed by atoms with Crippen molar-refractivity contribution in [2.24, 2.45) is 11.8 Å². The van der Waals surface area contributed by atoms with Crippen LogP contribution in [0.2, 0.25) is 0 Å². The van der Waals surface area contributed by atoms with Crippen molar-refractivity contribution in [3.63, 3.8) is 0 Å². The van der Waals surface area contributed by atoms with Crippen molar-refractivity contribution in [3.05, 3.63) is 40.4 Å². The molecule has 1 unspecified atom stereocenters. The molecule has 1 nitrogen and oxygen atoms in total. The summed E-state index contributed by atoms with van der Waals surface area (Å²) in [6, 6.07) is 8.38. The zero-order valence-corrected chi connectivity index (χ0v) is 12.2. The minimum Gasteiger partial charge on any atom is -0.493 e. The van der Waals surface area contributed by atoms with E-state index < -0.39 is 0 Å². The van der Waals surface area contributed by atoms with Crippen LogP contribution in [0.3, 0.4) is 0 Å². The van der Waals surface area contributed by atoms with Gasteiger partial charge in [0, 0.05) is 10.0 Å². The third kappa shape index (κ3) is 2.64. The molecule has 1 atom stereocenters. The topological polar surface area (TPSA) is 9.23 Å². The summed E-state index contributed by atoms with van der Waals surface area (Å²) >= 11 is 3.46. The highest BCUT2D eigenvalue weighted by molar-refractivity contribution is 9.10. The first-order chi connectivity index (χ1) is 8.83. The molecule has 96 valence electrons. The monoisotopic (exact) mass is 306 g/mol. The third-order valence-corrected chi connectivity index (χ3v) is 4.78. The molecule has 1 heterocycles. The smallest absolute Gasteiger partial charge is 0.122 e. The molecule has 2 heteroatoms. The lowest BCUT2D eigenvalue weighted by atomic mass is 9.87. The molecule has 1 saturated carbocycles. The van der Waals surface area contributed by atoms with Crippen LogP contribution in [0.1, 0.15) is 37.7 Å². The van der Waals surface area contributed by atoms with E-state index in [1.165, 1.54) is 37.7 Å². The van der Waals surface area contributed by atoms with Crippen molar-refractivity contribution >= 4 is 21.7 Å². The summed E-state index contributed by atoms with van der Waals surface area (Å²) in [7, 11) is 0. The van der Waals surface area contributed by atoms with Crippen molar-refractivity contribution in [1.29, 1.82) is 0 Å². The van der Waals surface area contributed by atoms with Gasteiger partial charge < -0.3 is 4.74 Å². The van der Waals surface area contributed by atoms with Gasteiger partial charge in [0.05, 0.1) is 6.61 Å². The van der Waals surface area contributed by atoms with Gasteiger partial charge in [0.25, 0.3) is 0 Å². The summed E-state index contributed by atoms with van der Waals surface area (Å²) in [5.41, 5.74) is 1.20. The number of benzene rings is 1. The number of ether oxygens (including phenoxy) is 1. The van der Waals surface area contributed by atoms with Crippen LogP contribution in [0.4, 0.5) is 0 Å². The molecule has 0 saturated heterocycles. The van der Waals surface area contributed by atoms with Crippen LogP contribution in [0.5, 0.6) is 0 Å². The van der Waals surface area contributed by atoms with Gasteiger partial charge in [-0.05, 0) is 36.5 Å². The Kier molecular flexibility index (Phi) is 3.74. The Labute approximate surface area is 117 Å². The van der Waals surface area contributed by atoms with Crippen LogP contribution >= 0.6 is 15.9 Å². The summed E-state index contributed by atoms with van der Waals surface area (Å²) in [5.74, 6) is 2.73. The minimum absolute atomic E-state index is 0.756. The molecule has 0 amide bonds. The Bertz CT molecular complexity index is 429. The average molecular weight is 307 g/mol. The molecule has 3 rings (SSSR count). The summed E-state index contributed by atoms with van der Waals surface area (Å²) in [5, 5.41) is 0.